The van der Waals surface area contributed by atoms with Crippen LogP contribution in [0.3, 0.4) is 0 Å². The minimum Gasteiger partial charge on any atom is -0.391 e. The van der Waals surface area contributed by atoms with Crippen LogP contribution in [-0.4, -0.2) is 129 Å². The summed E-state index contributed by atoms with van der Waals surface area (Å²) in [6.45, 7) is 18.6. The molecule has 5 heterocycles. The third-order valence-electron chi connectivity index (χ3n) is 15.6. The molecule has 2 aromatic heterocycles. The van der Waals surface area contributed by atoms with E-state index in [-0.39, 0.29) is 49.9 Å². The number of piperidine rings is 1. The molecule has 3 atom stereocenters. The van der Waals surface area contributed by atoms with Crippen molar-refractivity contribution in [1.82, 2.24) is 35.3 Å². The second-order valence-electron chi connectivity index (χ2n) is 21.7. The molecule has 3 aromatic carbocycles. The minimum atomic E-state index is -0.982. The largest absolute Gasteiger partial charge is 0.391 e. The number of carbonyl (C=O) groups excluding carboxylic acids is 5. The van der Waals surface area contributed by atoms with Crippen molar-refractivity contribution in [2.45, 2.75) is 123 Å². The Labute approximate surface area is 426 Å². The molecule has 3 fully saturated rings. The Morgan fingerprint density at radius 2 is 1.71 bits per heavy atom. The fraction of sp³-hybridized carbons (Fsp3) is 0.482. The van der Waals surface area contributed by atoms with Gasteiger partial charge in [-0.3, -0.25) is 28.9 Å². The van der Waals surface area contributed by atoms with Crippen LogP contribution >= 0.6 is 11.3 Å². The molecule has 0 saturated carbocycles. The number of likely N-dealkylation sites (tertiary alicyclic amines) is 1. The second kappa shape index (κ2) is 20.2. The Hall–Kier alpha value is -6.41. The first-order valence-electron chi connectivity index (χ1n) is 25.5. The smallest absolute Gasteiger partial charge is 0.246 e. The van der Waals surface area contributed by atoms with E-state index in [1.54, 1.807) is 17.4 Å². The monoisotopic (exact) mass is 993 g/mol. The van der Waals surface area contributed by atoms with Crippen molar-refractivity contribution in [2.24, 2.45) is 5.41 Å². The van der Waals surface area contributed by atoms with Gasteiger partial charge in [-0.15, -0.1) is 11.3 Å². The summed E-state index contributed by atoms with van der Waals surface area (Å²) in [5.41, 5.74) is 10.6. The topological polar surface area (TPSA) is 195 Å². The number of ketones is 1. The van der Waals surface area contributed by atoms with Crippen LogP contribution in [0.2, 0.25) is 0 Å². The summed E-state index contributed by atoms with van der Waals surface area (Å²) in [6, 6.07) is 18.4. The molecule has 0 radical (unpaired) electrons. The Morgan fingerprint density at radius 1 is 0.986 bits per heavy atom. The number of thiazole rings is 1. The van der Waals surface area contributed by atoms with E-state index < -0.39 is 40.8 Å². The first kappa shape index (κ1) is 50.5. The highest BCUT2D eigenvalue weighted by atomic mass is 32.1. The van der Waals surface area contributed by atoms with Gasteiger partial charge < -0.3 is 35.4 Å². The van der Waals surface area contributed by atoms with Crippen molar-refractivity contribution in [3.8, 4) is 16.5 Å². The van der Waals surface area contributed by atoms with E-state index in [0.29, 0.717) is 30.3 Å². The van der Waals surface area contributed by atoms with Gasteiger partial charge in [0.15, 0.2) is 5.78 Å². The van der Waals surface area contributed by atoms with E-state index in [1.807, 2.05) is 74.5 Å². The molecule has 0 bridgehead atoms. The number of aromatic amines is 1. The predicted octanol–water partition coefficient (Wildman–Crippen LogP) is 6.61. The number of hydrogen-bond donors (Lipinski definition) is 4. The molecule has 15 nitrogen and oxygen atoms in total. The zero-order chi connectivity index (χ0) is 51.2. The maximum Gasteiger partial charge on any atom is 0.246 e. The number of amides is 4. The molecule has 378 valence electrons. The average molecular weight is 994 g/mol. The number of carbonyl (C=O) groups is 5. The number of benzene rings is 3. The van der Waals surface area contributed by atoms with Crippen LogP contribution in [0.1, 0.15) is 123 Å². The van der Waals surface area contributed by atoms with Gasteiger partial charge in [0, 0.05) is 111 Å². The molecule has 9 rings (SSSR count). The highest BCUT2D eigenvalue weighted by molar-refractivity contribution is 7.13. The van der Waals surface area contributed by atoms with Crippen molar-refractivity contribution in [2.75, 3.05) is 50.7 Å². The second-order valence-corrected chi connectivity index (χ2v) is 22.5. The number of nitrogens with zero attached hydrogens (tertiary/aromatic N) is 6. The van der Waals surface area contributed by atoms with Crippen LogP contribution in [0.4, 0.5) is 5.69 Å². The maximum absolute atomic E-state index is 14.2. The zero-order valence-corrected chi connectivity index (χ0v) is 43.4. The number of aliphatic hydroxyl groups excluding tert-OH is 1. The van der Waals surface area contributed by atoms with Gasteiger partial charge in [0.1, 0.15) is 12.1 Å². The number of fused-ring (bicyclic) bond motifs is 4. The lowest BCUT2D eigenvalue weighted by atomic mass is 9.70. The summed E-state index contributed by atoms with van der Waals surface area (Å²) in [5, 5.41) is 26.9. The van der Waals surface area contributed by atoms with Gasteiger partial charge >= 0.3 is 0 Å². The number of aryl methyl sites for hydroxylation is 2. The summed E-state index contributed by atoms with van der Waals surface area (Å²) in [6.07, 6.45) is 1.89. The Kier molecular flexibility index (Phi) is 14.2. The molecule has 4 aliphatic rings. The number of piperazine rings is 1. The van der Waals surface area contributed by atoms with Crippen LogP contribution in [0.15, 0.2) is 60.1 Å². The molecule has 4 amide bonds. The number of β-amino-alcohol motifs (C(OH)–C–C–N with tert-alkyl or cyclic N) is 1. The van der Waals surface area contributed by atoms with Crippen LogP contribution in [-0.2, 0) is 37.6 Å². The minimum absolute atomic E-state index is 0.0141. The van der Waals surface area contributed by atoms with Gasteiger partial charge in [0.2, 0.25) is 23.6 Å². The quantitative estimate of drug-likeness (QED) is 0.106. The van der Waals surface area contributed by atoms with E-state index in [1.165, 1.54) is 10.6 Å². The highest BCUT2D eigenvalue weighted by Crippen LogP contribution is 2.46. The highest BCUT2D eigenvalue weighted by Gasteiger charge is 2.45. The van der Waals surface area contributed by atoms with E-state index in [9.17, 15) is 34.3 Å². The summed E-state index contributed by atoms with van der Waals surface area (Å²) >= 11 is 1.57. The number of H-pyrrole nitrogens is 1. The number of aliphatic hydroxyl groups is 1. The lowest BCUT2D eigenvalue weighted by molar-refractivity contribution is -0.144. The van der Waals surface area contributed by atoms with E-state index >= 15 is 0 Å². The third kappa shape index (κ3) is 9.90. The number of anilines is 1. The third-order valence-corrected chi connectivity index (χ3v) is 16.5. The Morgan fingerprint density at radius 3 is 2.36 bits per heavy atom. The lowest BCUT2D eigenvalue weighted by Crippen LogP contribution is -2.57. The van der Waals surface area contributed by atoms with Crippen molar-refractivity contribution in [3.05, 3.63) is 105 Å². The standard InChI is InChI=1S/C56H67N9O6S/c1-8-36-26-41-42(56(6,7)51-48(49(41)69)40-14-11-35(29-57)25-43(40)60-51)28-44(36)63-19-17-38(18-20-63)62-21-23-64(24-22-62)47(68)16-15-46(67)61-52(55(3,4)5)54(71)65-31-39(66)27-45(65)53(70)58-30-34-9-12-37(13-10-34)50-33(2)59-32-72-50/h9-14,25-26,28,32,38-39,45,52,60,66H,8,15-24,27,30-31H2,1-7H3,(H,58,70)(H,61,67)/t39-,45+,52-/m1/s1. The van der Waals surface area contributed by atoms with Crippen molar-refractivity contribution in [3.63, 3.8) is 0 Å². The first-order valence-corrected chi connectivity index (χ1v) is 26.3. The molecule has 3 aliphatic heterocycles. The van der Waals surface area contributed by atoms with Gasteiger partial charge in [-0.1, -0.05) is 71.9 Å². The number of aromatic nitrogens is 2. The van der Waals surface area contributed by atoms with Gasteiger partial charge in [0.05, 0.1) is 39.4 Å². The number of nitriles is 1. The maximum atomic E-state index is 14.2. The number of rotatable bonds is 12. The summed E-state index contributed by atoms with van der Waals surface area (Å²) in [5.74, 6) is -1.31. The Balaban J connectivity index is 0.750. The van der Waals surface area contributed by atoms with Crippen LogP contribution in [0, 0.1) is 23.7 Å². The fourth-order valence-corrected chi connectivity index (χ4v) is 12.2. The molecule has 72 heavy (non-hydrogen) atoms. The Bertz CT molecular complexity index is 2950. The predicted molar refractivity (Wildman–Crippen MR) is 279 cm³/mol. The van der Waals surface area contributed by atoms with E-state index in [4.69, 9.17) is 0 Å². The van der Waals surface area contributed by atoms with Crippen LogP contribution < -0.4 is 15.5 Å². The van der Waals surface area contributed by atoms with Gasteiger partial charge in [0.25, 0.3) is 0 Å². The molecule has 0 spiro atoms. The first-order chi connectivity index (χ1) is 34.4. The number of nitrogens with one attached hydrogen (secondary N) is 3. The summed E-state index contributed by atoms with van der Waals surface area (Å²) in [4.78, 5) is 86.1. The lowest BCUT2D eigenvalue weighted by Gasteiger charge is -2.44. The number of hydrogen-bond acceptors (Lipinski definition) is 11. The zero-order valence-electron chi connectivity index (χ0n) is 42.6. The fourth-order valence-electron chi connectivity index (χ4n) is 11.4. The van der Waals surface area contributed by atoms with Crippen LogP contribution in [0.25, 0.3) is 21.3 Å². The molecule has 16 heteroatoms. The molecule has 1 aliphatic carbocycles. The average Bonchev–Trinajstić information content (AvgIpc) is 4.11. The summed E-state index contributed by atoms with van der Waals surface area (Å²) < 4.78 is 0. The van der Waals surface area contributed by atoms with Gasteiger partial charge in [-0.2, -0.15) is 5.26 Å². The van der Waals surface area contributed by atoms with Crippen molar-refractivity contribution < 1.29 is 29.1 Å². The van der Waals surface area contributed by atoms with Crippen molar-refractivity contribution in [1.29, 1.82) is 5.26 Å². The molecule has 0 unspecified atom stereocenters. The van der Waals surface area contributed by atoms with E-state index in [0.717, 1.165) is 100 Å². The molecular weight excluding hydrogens is 927 g/mol. The molecular formula is C56H67N9O6S. The molecule has 4 N–H and O–H groups in total. The normalized spacial score (nSPS) is 19.7. The van der Waals surface area contributed by atoms with Crippen LogP contribution in [0.5, 0.6) is 0 Å². The van der Waals surface area contributed by atoms with Crippen molar-refractivity contribution >= 4 is 57.3 Å². The summed E-state index contributed by atoms with van der Waals surface area (Å²) in [7, 11) is 0. The molecule has 5 aromatic rings. The van der Waals surface area contributed by atoms with E-state index in [2.05, 4.69) is 69.4 Å². The van der Waals surface area contributed by atoms with Gasteiger partial charge in [-0.05, 0) is 78.1 Å². The van der Waals surface area contributed by atoms with Gasteiger partial charge in [-0.25, -0.2) is 4.98 Å². The molecule has 3 saturated heterocycles. The SMILES string of the molecule is CCc1cc2c(cc1N1CCC(N3CCN(C(=O)CCC(=O)N[C@H](C(=O)N4C[C@H](O)C[C@H]4C(=O)NCc4ccc(-c5scnc5C)cc4)C(C)(C)C)CC3)CC1)C(C)(C)c1[nH]c3cc(C#N)ccc3c1C2=O.